The van der Waals surface area contributed by atoms with Crippen LogP contribution in [0.25, 0.3) is 0 Å². The van der Waals surface area contributed by atoms with Gasteiger partial charge in [0.25, 0.3) is 0 Å². The summed E-state index contributed by atoms with van der Waals surface area (Å²) in [6.45, 7) is 4.33. The lowest BCUT2D eigenvalue weighted by atomic mass is 10.2. The topological polar surface area (TPSA) is 44.8 Å². The zero-order chi connectivity index (χ0) is 9.12. The highest BCUT2D eigenvalue weighted by Crippen LogP contribution is 2.53. The van der Waals surface area contributed by atoms with Crippen LogP contribution in [0, 0.1) is 0 Å². The van der Waals surface area contributed by atoms with Crippen LogP contribution < -0.4 is 0 Å². The summed E-state index contributed by atoms with van der Waals surface area (Å²) >= 11 is 0. The molecule has 0 atom stereocenters. The standard InChI is InChI=1S/C4H9F2O4P.FH/c1-4(2,3)8-11(7,9-5)10-6;/h1-3H3;1H. The maximum absolute atomic E-state index is 11.3. The van der Waals surface area contributed by atoms with Crippen LogP contribution >= 0.6 is 7.82 Å². The Bertz CT molecular complexity index is 160. The summed E-state index contributed by atoms with van der Waals surface area (Å²) in [5.74, 6) is 0. The Hall–Kier alpha value is -0.100. The predicted octanol–water partition coefficient (Wildman–Crippen LogP) is 2.86. The molecule has 0 radical (unpaired) electrons. The molecule has 0 saturated heterocycles. The highest BCUT2D eigenvalue weighted by Gasteiger charge is 2.35. The van der Waals surface area contributed by atoms with Crippen LogP contribution in [0.15, 0.2) is 0 Å². The van der Waals surface area contributed by atoms with Crippen LogP contribution in [-0.2, 0) is 18.5 Å². The van der Waals surface area contributed by atoms with E-state index in [0.29, 0.717) is 0 Å². The highest BCUT2D eigenvalue weighted by molar-refractivity contribution is 7.48. The molecule has 0 N–H and O–H groups in total. The summed E-state index contributed by atoms with van der Waals surface area (Å²) in [6, 6.07) is 0. The number of rotatable bonds is 3. The molecule has 4 nitrogen and oxygen atoms in total. The van der Waals surface area contributed by atoms with E-state index >= 15 is 0 Å². The molecule has 0 saturated carbocycles. The molecule has 0 unspecified atom stereocenters. The molecule has 0 rings (SSSR count). The molecule has 0 aliphatic rings. The van der Waals surface area contributed by atoms with Crippen LogP contribution in [0.2, 0.25) is 0 Å². The summed E-state index contributed by atoms with van der Waals surface area (Å²) in [6.07, 6.45) is 0. The molecule has 0 fully saturated rings. The average molecular weight is 210 g/mol. The van der Waals surface area contributed by atoms with Crippen molar-refractivity contribution in [1.29, 1.82) is 0 Å². The predicted molar refractivity (Wildman–Crippen MR) is 35.3 cm³/mol. The van der Waals surface area contributed by atoms with Gasteiger partial charge < -0.3 is 0 Å². The fraction of sp³-hybridized carbons (Fsp3) is 1.00. The van der Waals surface area contributed by atoms with Gasteiger partial charge in [-0.05, 0) is 29.8 Å². The molecule has 76 valence electrons. The summed E-state index contributed by atoms with van der Waals surface area (Å²) in [7, 11) is -4.64. The van der Waals surface area contributed by atoms with Crippen molar-refractivity contribution < 1.29 is 32.3 Å². The molecule has 0 aromatic heterocycles. The first-order chi connectivity index (χ1) is 4.83. The second-order valence-electron chi connectivity index (χ2n) is 2.79. The van der Waals surface area contributed by atoms with Gasteiger partial charge in [0.2, 0.25) is 0 Å². The lowest BCUT2D eigenvalue weighted by Gasteiger charge is -2.20. The van der Waals surface area contributed by atoms with Crippen molar-refractivity contribution in [3.05, 3.63) is 0 Å². The second kappa shape index (κ2) is 4.81. The van der Waals surface area contributed by atoms with Gasteiger partial charge in [0.05, 0.1) is 5.60 Å². The Kier molecular flexibility index (Phi) is 5.78. The number of hydrogen-bond acceptors (Lipinski definition) is 4. The van der Waals surface area contributed by atoms with Gasteiger partial charge in [0.15, 0.2) is 0 Å². The average Bonchev–Trinajstić information content (AvgIpc) is 1.84. The molecule has 0 aromatic carbocycles. The quantitative estimate of drug-likeness (QED) is 0.671. The van der Waals surface area contributed by atoms with E-state index in [9.17, 15) is 13.6 Å². The molecule has 0 amide bonds. The van der Waals surface area contributed by atoms with E-state index in [4.69, 9.17) is 0 Å². The van der Waals surface area contributed by atoms with E-state index in [2.05, 4.69) is 14.0 Å². The van der Waals surface area contributed by atoms with Gasteiger partial charge in [-0.2, -0.15) is 0 Å². The third-order valence-corrected chi connectivity index (χ3v) is 1.66. The molecule has 0 spiro atoms. The Labute approximate surface area is 67.6 Å². The first-order valence-electron chi connectivity index (χ1n) is 2.74. The Morgan fingerprint density at radius 3 is 1.58 bits per heavy atom. The van der Waals surface area contributed by atoms with Crippen LogP contribution in [0.5, 0.6) is 0 Å². The van der Waals surface area contributed by atoms with Crippen molar-refractivity contribution in [3.63, 3.8) is 0 Å². The Balaban J connectivity index is 0. The van der Waals surface area contributed by atoms with E-state index in [1.54, 1.807) is 0 Å². The SMILES string of the molecule is CC(C)(C)OP(=O)(OF)OF.F. The highest BCUT2D eigenvalue weighted by atomic mass is 31.2. The molecule has 0 heterocycles. The van der Waals surface area contributed by atoms with E-state index in [-0.39, 0.29) is 4.70 Å². The second-order valence-corrected chi connectivity index (χ2v) is 4.14. The molecular weight excluding hydrogens is 200 g/mol. The lowest BCUT2D eigenvalue weighted by Crippen LogP contribution is -2.17. The first kappa shape index (κ1) is 14.4. The van der Waals surface area contributed by atoms with E-state index in [1.807, 2.05) is 0 Å². The van der Waals surface area contributed by atoms with E-state index in [1.165, 1.54) is 20.8 Å². The van der Waals surface area contributed by atoms with Crippen molar-refractivity contribution in [1.82, 2.24) is 0 Å². The molecule has 0 aromatic rings. The zero-order valence-corrected chi connectivity index (χ0v) is 7.64. The summed E-state index contributed by atoms with van der Waals surface area (Å²) < 4.78 is 42.9. The van der Waals surface area contributed by atoms with E-state index in [0.717, 1.165) is 0 Å². The minimum absolute atomic E-state index is 0. The van der Waals surface area contributed by atoms with Crippen molar-refractivity contribution in [3.8, 4) is 0 Å². The van der Waals surface area contributed by atoms with Gasteiger partial charge in [0.1, 0.15) is 0 Å². The van der Waals surface area contributed by atoms with Crippen molar-refractivity contribution in [2.75, 3.05) is 0 Å². The fourth-order valence-electron chi connectivity index (χ4n) is 0.374. The fourth-order valence-corrected chi connectivity index (χ4v) is 1.12. The summed E-state index contributed by atoms with van der Waals surface area (Å²) in [4.78, 5) is 0. The maximum atomic E-state index is 11.3. The maximum Gasteiger partial charge on any atom is 0.537 e. The summed E-state index contributed by atoms with van der Waals surface area (Å²) in [5, 5.41) is 0. The molecule has 0 aliphatic carbocycles. The summed E-state index contributed by atoms with van der Waals surface area (Å²) in [5.41, 5.74) is -1.01. The smallest absolute Gasteiger partial charge is 0.278 e. The molecule has 0 bridgehead atoms. The van der Waals surface area contributed by atoms with Gasteiger partial charge >= 0.3 is 7.82 Å². The van der Waals surface area contributed by atoms with Crippen molar-refractivity contribution >= 4 is 7.82 Å². The molecule has 8 heteroatoms. The van der Waals surface area contributed by atoms with Crippen LogP contribution in [-0.4, -0.2) is 5.60 Å². The lowest BCUT2D eigenvalue weighted by molar-refractivity contribution is -0.131. The molecular formula is C4H10F3O4P. The van der Waals surface area contributed by atoms with E-state index < -0.39 is 13.4 Å². The van der Waals surface area contributed by atoms with Gasteiger partial charge in [-0.3, -0.25) is 9.23 Å². The normalized spacial score (nSPS) is 12.4. The van der Waals surface area contributed by atoms with Crippen LogP contribution in [0.4, 0.5) is 13.8 Å². The molecule has 12 heavy (non-hydrogen) atoms. The molecule has 0 aliphatic heterocycles. The van der Waals surface area contributed by atoms with Crippen molar-refractivity contribution in [2.45, 2.75) is 26.4 Å². The monoisotopic (exact) mass is 210 g/mol. The zero-order valence-electron chi connectivity index (χ0n) is 6.74. The van der Waals surface area contributed by atoms with Crippen LogP contribution in [0.3, 0.4) is 0 Å². The third-order valence-electron chi connectivity index (χ3n) is 0.555. The number of hydrogen-bond donors (Lipinski definition) is 0. The van der Waals surface area contributed by atoms with Gasteiger partial charge in [0, 0.05) is 0 Å². The number of halogens is 3. The van der Waals surface area contributed by atoms with Gasteiger partial charge in [-0.1, -0.05) is 9.46 Å². The Morgan fingerprint density at radius 1 is 1.17 bits per heavy atom. The minimum Gasteiger partial charge on any atom is -0.278 e. The number of phosphoric acid groups is 1. The Morgan fingerprint density at radius 2 is 1.50 bits per heavy atom. The third kappa shape index (κ3) is 5.54. The van der Waals surface area contributed by atoms with Crippen molar-refractivity contribution in [2.24, 2.45) is 0 Å². The first-order valence-corrected chi connectivity index (χ1v) is 4.20. The van der Waals surface area contributed by atoms with Gasteiger partial charge in [-0.25, -0.2) is 4.57 Å². The van der Waals surface area contributed by atoms with Crippen LogP contribution in [0.1, 0.15) is 20.8 Å². The minimum atomic E-state index is -4.64. The largest absolute Gasteiger partial charge is 0.537 e. The van der Waals surface area contributed by atoms with Gasteiger partial charge in [-0.15, -0.1) is 0 Å².